The summed E-state index contributed by atoms with van der Waals surface area (Å²) in [6.45, 7) is 5.66. The summed E-state index contributed by atoms with van der Waals surface area (Å²) in [7, 11) is 0. The zero-order valence-corrected chi connectivity index (χ0v) is 16.1. The first-order valence-electron chi connectivity index (χ1n) is 8.08. The van der Waals surface area contributed by atoms with E-state index in [1.807, 2.05) is 19.1 Å². The van der Waals surface area contributed by atoms with Crippen molar-refractivity contribution in [3.8, 4) is 0 Å². The molecule has 0 aliphatic carbocycles. The highest BCUT2D eigenvalue weighted by Crippen LogP contribution is 2.32. The van der Waals surface area contributed by atoms with Gasteiger partial charge in [-0.05, 0) is 67.2 Å². The van der Waals surface area contributed by atoms with Crippen LogP contribution in [0.3, 0.4) is 0 Å². The van der Waals surface area contributed by atoms with Crippen molar-refractivity contribution >= 4 is 44.8 Å². The predicted octanol–water partition coefficient (Wildman–Crippen LogP) is 5.55. The summed E-state index contributed by atoms with van der Waals surface area (Å²) in [5.41, 5.74) is 2.23. The number of carbonyl (C=O) groups excluding carboxylic acids is 1. The highest BCUT2D eigenvalue weighted by molar-refractivity contribution is 9.10. The van der Waals surface area contributed by atoms with Gasteiger partial charge in [0.25, 0.3) is 5.91 Å². The summed E-state index contributed by atoms with van der Waals surface area (Å²) in [5.74, 6) is 1.07. The molecule has 2 aromatic rings. The third-order valence-corrected chi connectivity index (χ3v) is 5.57. The molecule has 1 aliphatic rings. The van der Waals surface area contributed by atoms with Gasteiger partial charge in [-0.1, -0.05) is 11.6 Å². The first-order valence-corrected chi connectivity index (χ1v) is 9.26. The molecular weight excluding hydrogens is 392 g/mol. The molecule has 0 unspecified atom stereocenters. The topological polar surface area (TPSA) is 45.5 Å². The molecule has 1 aromatic carbocycles. The lowest BCUT2D eigenvalue weighted by Crippen LogP contribution is -2.29. The van der Waals surface area contributed by atoms with Gasteiger partial charge in [-0.25, -0.2) is 0 Å². The first-order chi connectivity index (χ1) is 11.5. The Hall–Kier alpha value is -1.46. The molecule has 1 fully saturated rings. The minimum absolute atomic E-state index is 0.210. The third kappa shape index (κ3) is 3.47. The van der Waals surface area contributed by atoms with E-state index in [1.165, 1.54) is 19.3 Å². The van der Waals surface area contributed by atoms with Gasteiger partial charge in [0.15, 0.2) is 0 Å². The lowest BCUT2D eigenvalue weighted by molar-refractivity contribution is 0.102. The molecular formula is C18H20BrClN2O2. The molecule has 0 saturated carbocycles. The smallest absolute Gasteiger partial charge is 0.260 e. The molecule has 2 heterocycles. The zero-order valence-electron chi connectivity index (χ0n) is 13.8. The van der Waals surface area contributed by atoms with E-state index in [9.17, 15) is 4.79 Å². The van der Waals surface area contributed by atoms with Crippen molar-refractivity contribution in [2.24, 2.45) is 0 Å². The number of piperidine rings is 1. The van der Waals surface area contributed by atoms with E-state index < -0.39 is 0 Å². The van der Waals surface area contributed by atoms with E-state index in [2.05, 4.69) is 26.1 Å². The third-order valence-electron chi connectivity index (χ3n) is 4.32. The van der Waals surface area contributed by atoms with Gasteiger partial charge in [-0.2, -0.15) is 0 Å². The van der Waals surface area contributed by atoms with E-state index in [4.69, 9.17) is 16.0 Å². The average Bonchev–Trinajstić information content (AvgIpc) is 2.81. The van der Waals surface area contributed by atoms with Gasteiger partial charge in [0, 0.05) is 18.8 Å². The molecule has 0 bridgehead atoms. The van der Waals surface area contributed by atoms with Crippen LogP contribution in [0.5, 0.6) is 0 Å². The highest BCUT2D eigenvalue weighted by atomic mass is 79.9. The monoisotopic (exact) mass is 410 g/mol. The maximum Gasteiger partial charge on any atom is 0.260 e. The Labute approximate surface area is 155 Å². The number of hydrogen-bond acceptors (Lipinski definition) is 3. The number of halogens is 2. The van der Waals surface area contributed by atoms with Crippen LogP contribution < -0.4 is 10.2 Å². The Morgan fingerprint density at radius 3 is 2.50 bits per heavy atom. The van der Waals surface area contributed by atoms with Crippen molar-refractivity contribution in [3.63, 3.8) is 0 Å². The van der Waals surface area contributed by atoms with Crippen molar-refractivity contribution in [1.82, 2.24) is 0 Å². The molecule has 0 radical (unpaired) electrons. The Kier molecular flexibility index (Phi) is 5.21. The van der Waals surface area contributed by atoms with Gasteiger partial charge in [0.05, 0.1) is 20.7 Å². The molecule has 24 heavy (non-hydrogen) atoms. The normalized spacial score (nSPS) is 14.8. The summed E-state index contributed by atoms with van der Waals surface area (Å²) < 4.78 is 6.17. The van der Waals surface area contributed by atoms with Crippen LogP contribution in [0.1, 0.15) is 41.1 Å². The predicted molar refractivity (Wildman–Crippen MR) is 101 cm³/mol. The highest BCUT2D eigenvalue weighted by Gasteiger charge is 2.20. The molecule has 6 heteroatoms. The van der Waals surface area contributed by atoms with Crippen molar-refractivity contribution < 1.29 is 9.21 Å². The number of nitrogens with zero attached hydrogens (tertiary/aromatic N) is 1. The van der Waals surface area contributed by atoms with Gasteiger partial charge in [-0.3, -0.25) is 4.79 Å². The number of amides is 1. The molecule has 128 valence electrons. The minimum Gasteiger partial charge on any atom is -0.465 e. The van der Waals surface area contributed by atoms with Gasteiger partial charge in [0.1, 0.15) is 11.5 Å². The standard InChI is InChI=1S/C18H20BrClN2O2/c1-11-16(17(19)12(2)24-11)18(23)21-13-6-7-15(14(20)10-13)22-8-4-3-5-9-22/h6-7,10H,3-5,8-9H2,1-2H3,(H,21,23). The lowest BCUT2D eigenvalue weighted by atomic mass is 10.1. The molecule has 1 N–H and O–H groups in total. The molecule has 4 nitrogen and oxygen atoms in total. The Morgan fingerprint density at radius 2 is 1.92 bits per heavy atom. The van der Waals surface area contributed by atoms with Crippen LogP contribution in [0.15, 0.2) is 27.1 Å². The van der Waals surface area contributed by atoms with E-state index in [1.54, 1.807) is 13.0 Å². The van der Waals surface area contributed by atoms with Crippen LogP contribution >= 0.6 is 27.5 Å². The second-order valence-corrected chi connectivity index (χ2v) is 7.27. The largest absolute Gasteiger partial charge is 0.465 e. The molecule has 1 amide bonds. The number of anilines is 2. The summed E-state index contributed by atoms with van der Waals surface area (Å²) in [6.07, 6.45) is 3.67. The van der Waals surface area contributed by atoms with E-state index in [-0.39, 0.29) is 5.91 Å². The van der Waals surface area contributed by atoms with Gasteiger partial charge in [0.2, 0.25) is 0 Å². The van der Waals surface area contributed by atoms with Crippen molar-refractivity contribution in [2.75, 3.05) is 23.3 Å². The summed E-state index contributed by atoms with van der Waals surface area (Å²) in [6, 6.07) is 5.68. The molecule has 1 aromatic heterocycles. The molecule has 0 atom stereocenters. The summed E-state index contributed by atoms with van der Waals surface area (Å²) >= 11 is 9.84. The fourth-order valence-electron chi connectivity index (χ4n) is 3.09. The van der Waals surface area contributed by atoms with E-state index >= 15 is 0 Å². The maximum absolute atomic E-state index is 12.5. The quantitative estimate of drug-likeness (QED) is 0.719. The SMILES string of the molecule is Cc1oc(C)c(C(=O)Nc2ccc(N3CCCCC3)c(Cl)c2)c1Br. The van der Waals surface area contributed by atoms with Gasteiger partial charge in [-0.15, -0.1) is 0 Å². The van der Waals surface area contributed by atoms with Gasteiger partial charge < -0.3 is 14.6 Å². The van der Waals surface area contributed by atoms with Crippen LogP contribution in [0.25, 0.3) is 0 Å². The second kappa shape index (κ2) is 7.19. The number of aryl methyl sites for hydroxylation is 2. The Morgan fingerprint density at radius 1 is 1.21 bits per heavy atom. The zero-order chi connectivity index (χ0) is 17.3. The fourth-order valence-corrected chi connectivity index (χ4v) is 3.93. The number of carbonyl (C=O) groups is 1. The molecule has 1 aliphatic heterocycles. The van der Waals surface area contributed by atoms with Crippen LogP contribution in [0.2, 0.25) is 5.02 Å². The van der Waals surface area contributed by atoms with E-state index in [0.29, 0.717) is 32.3 Å². The van der Waals surface area contributed by atoms with E-state index in [0.717, 1.165) is 18.8 Å². The minimum atomic E-state index is -0.210. The number of rotatable bonds is 3. The Bertz CT molecular complexity index is 767. The van der Waals surface area contributed by atoms with Crippen molar-refractivity contribution in [1.29, 1.82) is 0 Å². The number of benzene rings is 1. The molecule has 0 spiro atoms. The van der Waals surface area contributed by atoms with Crippen LogP contribution in [-0.4, -0.2) is 19.0 Å². The van der Waals surface area contributed by atoms with Crippen molar-refractivity contribution in [2.45, 2.75) is 33.1 Å². The number of hydrogen-bond donors (Lipinski definition) is 1. The van der Waals surface area contributed by atoms with Crippen LogP contribution in [-0.2, 0) is 0 Å². The Balaban J connectivity index is 1.78. The van der Waals surface area contributed by atoms with Gasteiger partial charge >= 0.3 is 0 Å². The molecule has 3 rings (SSSR count). The molecule has 1 saturated heterocycles. The number of furan rings is 1. The second-order valence-electron chi connectivity index (χ2n) is 6.07. The lowest BCUT2D eigenvalue weighted by Gasteiger charge is -2.29. The first kappa shape index (κ1) is 17.4. The summed E-state index contributed by atoms with van der Waals surface area (Å²) in [4.78, 5) is 14.8. The van der Waals surface area contributed by atoms with Crippen molar-refractivity contribution in [3.05, 3.63) is 44.8 Å². The summed E-state index contributed by atoms with van der Waals surface area (Å²) in [5, 5.41) is 3.55. The fraction of sp³-hybridized carbons (Fsp3) is 0.389. The average molecular weight is 412 g/mol. The van der Waals surface area contributed by atoms with Crippen LogP contribution in [0.4, 0.5) is 11.4 Å². The van der Waals surface area contributed by atoms with Crippen LogP contribution in [0, 0.1) is 13.8 Å². The maximum atomic E-state index is 12.5. The number of nitrogens with one attached hydrogen (secondary N) is 1.